The highest BCUT2D eigenvalue weighted by molar-refractivity contribution is 7.89. The van der Waals surface area contributed by atoms with Gasteiger partial charge < -0.3 is 5.32 Å². The van der Waals surface area contributed by atoms with Crippen LogP contribution in [0.1, 0.15) is 10.5 Å². The molecule has 3 N–H and O–H groups in total. The van der Waals surface area contributed by atoms with Crippen molar-refractivity contribution in [2.45, 2.75) is 4.90 Å². The maximum absolute atomic E-state index is 11.9. The minimum Gasteiger partial charge on any atom is -0.321 e. The van der Waals surface area contributed by atoms with E-state index in [9.17, 15) is 13.2 Å². The fourth-order valence-electron chi connectivity index (χ4n) is 1.48. The number of amides is 1. The Morgan fingerprint density at radius 1 is 1.20 bits per heavy atom. The van der Waals surface area contributed by atoms with E-state index in [2.05, 4.69) is 10.3 Å². The molecule has 1 amide bonds. The van der Waals surface area contributed by atoms with Gasteiger partial charge in [0.05, 0.1) is 4.90 Å². The van der Waals surface area contributed by atoms with Crippen LogP contribution in [0.3, 0.4) is 0 Å². The molecule has 0 aliphatic heterocycles. The van der Waals surface area contributed by atoms with Gasteiger partial charge in [0, 0.05) is 5.69 Å². The molecule has 0 spiro atoms. The second-order valence-electron chi connectivity index (χ2n) is 3.87. The number of carbonyl (C=O) groups excluding carboxylic acids is 1. The van der Waals surface area contributed by atoms with E-state index in [1.807, 2.05) is 0 Å². The van der Waals surface area contributed by atoms with Crippen LogP contribution in [0, 0.1) is 0 Å². The van der Waals surface area contributed by atoms with Crippen molar-refractivity contribution >= 4 is 33.2 Å². The number of hydrogen-bond donors (Lipinski definition) is 2. The van der Waals surface area contributed by atoms with Crippen molar-refractivity contribution in [1.82, 2.24) is 4.98 Å². The van der Waals surface area contributed by atoms with E-state index in [4.69, 9.17) is 16.7 Å². The van der Waals surface area contributed by atoms with E-state index in [-0.39, 0.29) is 15.7 Å². The van der Waals surface area contributed by atoms with E-state index < -0.39 is 15.9 Å². The third-order valence-corrected chi connectivity index (χ3v) is 3.49. The Bertz CT molecular complexity index is 762. The van der Waals surface area contributed by atoms with Gasteiger partial charge in [-0.15, -0.1) is 0 Å². The van der Waals surface area contributed by atoms with E-state index in [0.717, 1.165) is 0 Å². The Labute approximate surface area is 120 Å². The molecule has 2 rings (SSSR count). The number of nitrogens with zero attached hydrogens (tertiary/aromatic N) is 1. The van der Waals surface area contributed by atoms with Crippen molar-refractivity contribution in [2.75, 3.05) is 5.32 Å². The molecule has 0 atom stereocenters. The summed E-state index contributed by atoms with van der Waals surface area (Å²) in [5.74, 6) is -0.501. The van der Waals surface area contributed by atoms with Crippen LogP contribution in [0.5, 0.6) is 0 Å². The fourth-order valence-corrected chi connectivity index (χ4v) is 2.20. The zero-order valence-corrected chi connectivity index (χ0v) is 11.6. The van der Waals surface area contributed by atoms with Crippen molar-refractivity contribution in [3.8, 4) is 0 Å². The molecular formula is C12H10ClN3O3S. The molecule has 2 aromatic rings. The Balaban J connectivity index is 2.25. The van der Waals surface area contributed by atoms with E-state index in [1.54, 1.807) is 12.1 Å². The Morgan fingerprint density at radius 2 is 1.90 bits per heavy atom. The Morgan fingerprint density at radius 3 is 2.55 bits per heavy atom. The average molecular weight is 312 g/mol. The molecule has 8 heteroatoms. The average Bonchev–Trinajstić information content (AvgIpc) is 2.38. The van der Waals surface area contributed by atoms with Crippen molar-refractivity contribution in [3.63, 3.8) is 0 Å². The van der Waals surface area contributed by atoms with Gasteiger partial charge in [-0.3, -0.25) is 4.79 Å². The molecule has 1 heterocycles. The zero-order valence-electron chi connectivity index (χ0n) is 10.1. The molecule has 1 aromatic heterocycles. The van der Waals surface area contributed by atoms with Crippen molar-refractivity contribution in [1.29, 1.82) is 0 Å². The van der Waals surface area contributed by atoms with Gasteiger partial charge in [0.1, 0.15) is 10.8 Å². The van der Waals surface area contributed by atoms with Gasteiger partial charge in [-0.05, 0) is 30.3 Å². The summed E-state index contributed by atoms with van der Waals surface area (Å²) >= 11 is 5.69. The lowest BCUT2D eigenvalue weighted by molar-refractivity contribution is 0.102. The lowest BCUT2D eigenvalue weighted by Gasteiger charge is -2.06. The molecule has 0 radical (unpaired) electrons. The predicted molar refractivity (Wildman–Crippen MR) is 75.0 cm³/mol. The lowest BCUT2D eigenvalue weighted by Crippen LogP contribution is -2.15. The number of hydrogen-bond acceptors (Lipinski definition) is 4. The number of rotatable bonds is 3. The van der Waals surface area contributed by atoms with Crippen LogP contribution in [0.15, 0.2) is 47.4 Å². The van der Waals surface area contributed by atoms with Gasteiger partial charge in [-0.25, -0.2) is 18.5 Å². The first kappa shape index (κ1) is 14.4. The van der Waals surface area contributed by atoms with Crippen LogP contribution in [-0.2, 0) is 10.0 Å². The maximum atomic E-state index is 11.9. The molecule has 0 saturated heterocycles. The number of nitrogens with one attached hydrogen (secondary N) is 1. The third-order valence-electron chi connectivity index (χ3n) is 2.37. The minimum absolute atomic E-state index is 0.0886. The first-order chi connectivity index (χ1) is 9.36. The summed E-state index contributed by atoms with van der Waals surface area (Å²) in [6.45, 7) is 0. The van der Waals surface area contributed by atoms with Crippen LogP contribution in [0.4, 0.5) is 5.69 Å². The van der Waals surface area contributed by atoms with Gasteiger partial charge >= 0.3 is 0 Å². The normalized spacial score (nSPS) is 11.1. The number of halogens is 1. The van der Waals surface area contributed by atoms with Crippen LogP contribution < -0.4 is 10.5 Å². The van der Waals surface area contributed by atoms with Gasteiger partial charge in [-0.1, -0.05) is 23.7 Å². The number of carbonyl (C=O) groups is 1. The number of nitrogens with two attached hydrogens (primary N) is 1. The van der Waals surface area contributed by atoms with Crippen molar-refractivity contribution < 1.29 is 13.2 Å². The van der Waals surface area contributed by atoms with Crippen molar-refractivity contribution in [3.05, 3.63) is 53.3 Å². The van der Waals surface area contributed by atoms with Crippen molar-refractivity contribution in [2.24, 2.45) is 5.14 Å². The highest BCUT2D eigenvalue weighted by Crippen LogP contribution is 2.15. The summed E-state index contributed by atoms with van der Waals surface area (Å²) in [5.41, 5.74) is 0.418. The van der Waals surface area contributed by atoms with Gasteiger partial charge in [0.15, 0.2) is 0 Å². The summed E-state index contributed by atoms with van der Waals surface area (Å²) in [5, 5.41) is 7.73. The van der Waals surface area contributed by atoms with E-state index in [0.29, 0.717) is 5.69 Å². The number of primary sulfonamides is 1. The summed E-state index contributed by atoms with van der Waals surface area (Å²) in [6, 6.07) is 10.2. The monoisotopic (exact) mass is 311 g/mol. The van der Waals surface area contributed by atoms with E-state index >= 15 is 0 Å². The maximum Gasteiger partial charge on any atom is 0.274 e. The number of aromatic nitrogens is 1. The van der Waals surface area contributed by atoms with Crippen LogP contribution in [0.25, 0.3) is 0 Å². The predicted octanol–water partition coefficient (Wildman–Crippen LogP) is 1.63. The lowest BCUT2D eigenvalue weighted by atomic mass is 10.3. The van der Waals surface area contributed by atoms with Gasteiger partial charge in [0.25, 0.3) is 5.91 Å². The highest BCUT2D eigenvalue weighted by Gasteiger charge is 2.11. The molecular weight excluding hydrogens is 302 g/mol. The molecule has 6 nitrogen and oxygen atoms in total. The molecule has 0 fully saturated rings. The molecule has 104 valence electrons. The second kappa shape index (κ2) is 5.58. The summed E-state index contributed by atoms with van der Waals surface area (Å²) < 4.78 is 22.4. The topological polar surface area (TPSA) is 102 Å². The number of sulfonamides is 1. The largest absolute Gasteiger partial charge is 0.321 e. The Kier molecular flexibility index (Phi) is 4.03. The standard InChI is InChI=1S/C12H10ClN3O3S/c13-11-6-2-5-10(16-11)12(17)15-8-3-1-4-9(7-8)20(14,18)19/h1-7H,(H,15,17)(H2,14,18,19). The number of benzene rings is 1. The molecule has 20 heavy (non-hydrogen) atoms. The van der Waals surface area contributed by atoms with Crippen LogP contribution in [-0.4, -0.2) is 19.3 Å². The molecule has 0 aliphatic carbocycles. The summed E-state index contributed by atoms with van der Waals surface area (Å²) in [6.07, 6.45) is 0. The molecule has 0 aliphatic rings. The molecule has 0 saturated carbocycles. The fraction of sp³-hybridized carbons (Fsp3) is 0. The quantitative estimate of drug-likeness (QED) is 0.841. The highest BCUT2D eigenvalue weighted by atomic mass is 35.5. The number of anilines is 1. The SMILES string of the molecule is NS(=O)(=O)c1cccc(NC(=O)c2cccc(Cl)n2)c1. The van der Waals surface area contributed by atoms with Crippen LogP contribution in [0.2, 0.25) is 5.15 Å². The smallest absolute Gasteiger partial charge is 0.274 e. The minimum atomic E-state index is -3.82. The summed E-state index contributed by atoms with van der Waals surface area (Å²) in [4.78, 5) is 15.7. The first-order valence-corrected chi connectivity index (χ1v) is 7.35. The first-order valence-electron chi connectivity index (χ1n) is 5.43. The molecule has 0 unspecified atom stereocenters. The van der Waals surface area contributed by atoms with E-state index in [1.165, 1.54) is 30.3 Å². The van der Waals surface area contributed by atoms with Gasteiger partial charge in [0.2, 0.25) is 10.0 Å². The van der Waals surface area contributed by atoms with Crippen LogP contribution >= 0.6 is 11.6 Å². The zero-order chi connectivity index (χ0) is 14.8. The number of pyridine rings is 1. The second-order valence-corrected chi connectivity index (χ2v) is 5.82. The molecule has 0 bridgehead atoms. The molecule has 1 aromatic carbocycles. The third kappa shape index (κ3) is 3.53. The Hall–Kier alpha value is -1.96. The van der Waals surface area contributed by atoms with Gasteiger partial charge in [-0.2, -0.15) is 0 Å². The summed E-state index contributed by atoms with van der Waals surface area (Å²) in [7, 11) is -3.82.